The number of anilines is 1. The normalized spacial score (nSPS) is 22.7. The average molecular weight is 513 g/mol. The quantitative estimate of drug-likeness (QED) is 0.536. The van der Waals surface area contributed by atoms with E-state index in [1.807, 2.05) is 12.1 Å². The van der Waals surface area contributed by atoms with E-state index in [1.54, 1.807) is 53.7 Å². The van der Waals surface area contributed by atoms with Gasteiger partial charge in [0.2, 0.25) is 15.9 Å². The summed E-state index contributed by atoms with van der Waals surface area (Å²) in [4.78, 5) is 21.3. The third-order valence-electron chi connectivity index (χ3n) is 7.30. The number of fused-ring (bicyclic) bond motifs is 2. The predicted octanol–water partition coefficient (Wildman–Crippen LogP) is 3.12. The summed E-state index contributed by atoms with van der Waals surface area (Å²) in [5.74, 6) is -0.217. The number of piperidine rings is 1. The number of hydrogen-bond donors (Lipinski definition) is 0. The van der Waals surface area contributed by atoms with Crippen molar-refractivity contribution in [1.82, 2.24) is 14.2 Å². The highest BCUT2D eigenvalue weighted by atomic mass is 35.5. The molecule has 0 aliphatic carbocycles. The molecule has 2 aromatic carbocycles. The van der Waals surface area contributed by atoms with E-state index in [0.29, 0.717) is 11.6 Å². The SMILES string of the molecule is O=C1CN(S(=O)(=O)c2ccc3cc(Cl)ccc3c2)CC2OC3(CCN(c4ccncc4)CC3)CN12. The smallest absolute Gasteiger partial charge is 0.243 e. The number of pyridine rings is 1. The molecule has 3 aliphatic heterocycles. The van der Waals surface area contributed by atoms with Crippen LogP contribution in [0.2, 0.25) is 5.02 Å². The summed E-state index contributed by atoms with van der Waals surface area (Å²) in [6, 6.07) is 14.2. The summed E-state index contributed by atoms with van der Waals surface area (Å²) in [5, 5.41) is 2.22. The maximum absolute atomic E-state index is 13.5. The number of amides is 1. The van der Waals surface area contributed by atoms with Crippen molar-refractivity contribution >= 4 is 44.0 Å². The van der Waals surface area contributed by atoms with Crippen LogP contribution in [0.4, 0.5) is 5.69 Å². The number of rotatable bonds is 3. The van der Waals surface area contributed by atoms with E-state index in [9.17, 15) is 13.2 Å². The molecule has 3 fully saturated rings. The first-order chi connectivity index (χ1) is 16.8. The Balaban J connectivity index is 1.19. The fraction of sp³-hybridized carbons (Fsp3) is 0.360. The minimum absolute atomic E-state index is 0.128. The van der Waals surface area contributed by atoms with Gasteiger partial charge in [0.1, 0.15) is 6.23 Å². The zero-order valence-electron chi connectivity index (χ0n) is 19.0. The van der Waals surface area contributed by atoms with Gasteiger partial charge in [-0.1, -0.05) is 23.7 Å². The number of benzene rings is 2. The summed E-state index contributed by atoms with van der Waals surface area (Å²) in [6.45, 7) is 2.07. The lowest BCUT2D eigenvalue weighted by Gasteiger charge is -2.39. The van der Waals surface area contributed by atoms with Gasteiger partial charge >= 0.3 is 0 Å². The van der Waals surface area contributed by atoms with Crippen molar-refractivity contribution in [2.24, 2.45) is 0 Å². The van der Waals surface area contributed by atoms with Gasteiger partial charge in [-0.05, 0) is 60.0 Å². The Kier molecular flexibility index (Phi) is 5.48. The second-order valence-electron chi connectivity index (χ2n) is 9.42. The third-order valence-corrected chi connectivity index (χ3v) is 9.34. The lowest BCUT2D eigenvalue weighted by molar-refractivity contribution is -0.144. The van der Waals surface area contributed by atoms with Crippen LogP contribution in [0, 0.1) is 0 Å². The molecule has 0 N–H and O–H groups in total. The predicted molar refractivity (Wildman–Crippen MR) is 133 cm³/mol. The van der Waals surface area contributed by atoms with Gasteiger partial charge in [0.05, 0.1) is 30.1 Å². The second-order valence-corrected chi connectivity index (χ2v) is 11.8. The molecule has 10 heteroatoms. The number of carbonyl (C=O) groups is 1. The molecule has 4 heterocycles. The molecule has 6 rings (SSSR count). The summed E-state index contributed by atoms with van der Waals surface area (Å²) < 4.78 is 34.6. The van der Waals surface area contributed by atoms with Gasteiger partial charge in [-0.15, -0.1) is 0 Å². The van der Waals surface area contributed by atoms with Crippen LogP contribution in [0.15, 0.2) is 65.8 Å². The van der Waals surface area contributed by atoms with Crippen molar-refractivity contribution in [3.05, 3.63) is 65.9 Å². The number of halogens is 1. The lowest BCUT2D eigenvalue weighted by atomic mass is 9.91. The van der Waals surface area contributed by atoms with Crippen LogP contribution in [0.25, 0.3) is 10.8 Å². The first-order valence-corrected chi connectivity index (χ1v) is 13.5. The number of ether oxygens (including phenoxy) is 1. The van der Waals surface area contributed by atoms with Crippen molar-refractivity contribution in [3.63, 3.8) is 0 Å². The Hall–Kier alpha value is -2.72. The molecule has 8 nitrogen and oxygen atoms in total. The van der Waals surface area contributed by atoms with Crippen molar-refractivity contribution in [2.75, 3.05) is 37.6 Å². The molecule has 35 heavy (non-hydrogen) atoms. The fourth-order valence-electron chi connectivity index (χ4n) is 5.36. The summed E-state index contributed by atoms with van der Waals surface area (Å²) in [6.07, 6.45) is 4.54. The second kappa shape index (κ2) is 8.44. The zero-order valence-corrected chi connectivity index (χ0v) is 20.6. The summed E-state index contributed by atoms with van der Waals surface area (Å²) in [7, 11) is -3.86. The van der Waals surface area contributed by atoms with Crippen LogP contribution in [0.5, 0.6) is 0 Å². The summed E-state index contributed by atoms with van der Waals surface area (Å²) in [5.41, 5.74) is 0.683. The van der Waals surface area contributed by atoms with E-state index in [2.05, 4.69) is 9.88 Å². The number of hydrogen-bond acceptors (Lipinski definition) is 6. The van der Waals surface area contributed by atoms with Gasteiger partial charge in [-0.3, -0.25) is 9.78 Å². The van der Waals surface area contributed by atoms with Crippen LogP contribution < -0.4 is 4.90 Å². The molecule has 0 saturated carbocycles. The molecule has 0 radical (unpaired) electrons. The molecule has 0 bridgehead atoms. The Morgan fingerprint density at radius 1 is 1.00 bits per heavy atom. The third kappa shape index (κ3) is 4.06. The van der Waals surface area contributed by atoms with Gasteiger partial charge < -0.3 is 14.5 Å². The molecule has 1 spiro atoms. The molecule has 1 atom stereocenters. The standard InChI is InChI=1S/C25H25ClN4O4S/c26-20-3-1-19-14-22(4-2-18(19)13-20)35(32,33)29-15-23(31)30-17-25(34-24(30)16-29)7-11-28(12-8-25)21-5-9-27-10-6-21/h1-6,9-10,13-14,24H,7-8,11-12,15-17H2. The first-order valence-electron chi connectivity index (χ1n) is 11.6. The van der Waals surface area contributed by atoms with Crippen LogP contribution in [0.1, 0.15) is 12.8 Å². The molecule has 3 aromatic rings. The van der Waals surface area contributed by atoms with Gasteiger partial charge in [0.15, 0.2) is 0 Å². The molecule has 1 unspecified atom stereocenters. The van der Waals surface area contributed by atoms with Crippen LogP contribution >= 0.6 is 11.6 Å². The molecule has 182 valence electrons. The number of nitrogens with zero attached hydrogens (tertiary/aromatic N) is 4. The fourth-order valence-corrected chi connectivity index (χ4v) is 6.96. The van der Waals surface area contributed by atoms with E-state index >= 15 is 0 Å². The molecular weight excluding hydrogens is 488 g/mol. The number of aromatic nitrogens is 1. The maximum atomic E-state index is 13.5. The van der Waals surface area contributed by atoms with Crippen molar-refractivity contribution in [3.8, 4) is 0 Å². The number of carbonyl (C=O) groups excluding carboxylic acids is 1. The van der Waals surface area contributed by atoms with Crippen molar-refractivity contribution in [2.45, 2.75) is 29.6 Å². The largest absolute Gasteiger partial charge is 0.371 e. The minimum Gasteiger partial charge on any atom is -0.371 e. The van der Waals surface area contributed by atoms with Gasteiger partial charge in [-0.2, -0.15) is 4.31 Å². The molecule has 1 aromatic heterocycles. The highest BCUT2D eigenvalue weighted by Gasteiger charge is 2.52. The molecular formula is C25H25ClN4O4S. The minimum atomic E-state index is -3.86. The van der Waals surface area contributed by atoms with Gasteiger partial charge in [0.25, 0.3) is 0 Å². The van der Waals surface area contributed by atoms with E-state index in [-0.39, 0.29) is 23.9 Å². The van der Waals surface area contributed by atoms with E-state index in [4.69, 9.17) is 16.3 Å². The topological polar surface area (TPSA) is 83.0 Å². The van der Waals surface area contributed by atoms with Crippen molar-refractivity contribution in [1.29, 1.82) is 0 Å². The molecule has 1 amide bonds. The zero-order chi connectivity index (χ0) is 24.2. The Morgan fingerprint density at radius 3 is 2.49 bits per heavy atom. The van der Waals surface area contributed by atoms with E-state index in [1.165, 1.54) is 4.31 Å². The lowest BCUT2D eigenvalue weighted by Crippen LogP contribution is -2.55. The Morgan fingerprint density at radius 2 is 1.71 bits per heavy atom. The maximum Gasteiger partial charge on any atom is 0.243 e. The Labute approximate surface area is 209 Å². The van der Waals surface area contributed by atoms with Crippen LogP contribution in [-0.2, 0) is 19.6 Å². The van der Waals surface area contributed by atoms with Gasteiger partial charge in [0, 0.05) is 36.2 Å². The van der Waals surface area contributed by atoms with E-state index < -0.39 is 21.9 Å². The Bertz CT molecular complexity index is 1390. The highest BCUT2D eigenvalue weighted by molar-refractivity contribution is 7.89. The van der Waals surface area contributed by atoms with Crippen LogP contribution in [0.3, 0.4) is 0 Å². The monoisotopic (exact) mass is 512 g/mol. The number of sulfonamides is 1. The van der Waals surface area contributed by atoms with E-state index in [0.717, 1.165) is 42.4 Å². The molecule has 3 aliphatic rings. The highest BCUT2D eigenvalue weighted by Crippen LogP contribution is 2.39. The summed E-state index contributed by atoms with van der Waals surface area (Å²) >= 11 is 6.05. The number of piperazine rings is 1. The van der Waals surface area contributed by atoms with Crippen LogP contribution in [-0.4, -0.2) is 73.1 Å². The molecule has 3 saturated heterocycles. The van der Waals surface area contributed by atoms with Gasteiger partial charge in [-0.25, -0.2) is 8.42 Å². The average Bonchev–Trinajstić information content (AvgIpc) is 3.23. The first kappa shape index (κ1) is 22.7. The van der Waals surface area contributed by atoms with Crippen molar-refractivity contribution < 1.29 is 17.9 Å².